The highest BCUT2D eigenvalue weighted by molar-refractivity contribution is 5.91. The lowest BCUT2D eigenvalue weighted by Crippen LogP contribution is -2.07. The predicted molar refractivity (Wildman–Crippen MR) is 84.7 cm³/mol. The van der Waals surface area contributed by atoms with Crippen molar-refractivity contribution in [2.24, 2.45) is 0 Å². The Kier molecular flexibility index (Phi) is 5.26. The number of ether oxygens (including phenoxy) is 2. The predicted octanol–water partition coefficient (Wildman–Crippen LogP) is 3.05. The van der Waals surface area contributed by atoms with Gasteiger partial charge in [-0.1, -0.05) is 18.2 Å². The number of hydrogen-bond acceptors (Lipinski definition) is 6. The SMILES string of the molecule is COC(=O)c1cccc(COC(=O)c2ccc(C)c([N+](=O)[O-])c2)c1. The van der Waals surface area contributed by atoms with Gasteiger partial charge in [-0.05, 0) is 30.7 Å². The van der Waals surface area contributed by atoms with Gasteiger partial charge in [-0.15, -0.1) is 0 Å². The van der Waals surface area contributed by atoms with Gasteiger partial charge in [0.2, 0.25) is 0 Å². The standard InChI is InChI=1S/C17H15NO6/c1-11-6-7-14(9-15(11)18(21)22)17(20)24-10-12-4-3-5-13(8-12)16(19)23-2/h3-9H,10H2,1-2H3. The van der Waals surface area contributed by atoms with Gasteiger partial charge in [-0.25, -0.2) is 9.59 Å². The zero-order chi connectivity index (χ0) is 17.7. The molecule has 0 saturated heterocycles. The number of carbonyl (C=O) groups excluding carboxylic acids is 2. The van der Waals surface area contributed by atoms with Gasteiger partial charge in [0, 0.05) is 11.6 Å². The van der Waals surface area contributed by atoms with Crippen LogP contribution in [0.1, 0.15) is 31.8 Å². The Labute approximate surface area is 138 Å². The molecular formula is C17H15NO6. The van der Waals surface area contributed by atoms with E-state index in [1.54, 1.807) is 31.2 Å². The van der Waals surface area contributed by atoms with E-state index in [1.807, 2.05) is 0 Å². The first-order valence-electron chi connectivity index (χ1n) is 7.02. The van der Waals surface area contributed by atoms with Crippen molar-refractivity contribution in [3.8, 4) is 0 Å². The zero-order valence-corrected chi connectivity index (χ0v) is 13.1. The van der Waals surface area contributed by atoms with Crippen LogP contribution in [0.2, 0.25) is 0 Å². The highest BCUT2D eigenvalue weighted by Crippen LogP contribution is 2.20. The molecule has 0 N–H and O–H groups in total. The number of benzene rings is 2. The number of rotatable bonds is 5. The molecule has 2 aromatic carbocycles. The normalized spacial score (nSPS) is 10.1. The van der Waals surface area contributed by atoms with Gasteiger partial charge in [0.25, 0.3) is 5.69 Å². The van der Waals surface area contributed by atoms with E-state index in [4.69, 9.17) is 4.74 Å². The summed E-state index contributed by atoms with van der Waals surface area (Å²) in [6.07, 6.45) is 0. The van der Waals surface area contributed by atoms with Crippen molar-refractivity contribution < 1.29 is 24.0 Å². The minimum atomic E-state index is -0.679. The molecule has 0 aromatic heterocycles. The van der Waals surface area contributed by atoms with Crippen molar-refractivity contribution in [1.29, 1.82) is 0 Å². The maximum atomic E-state index is 12.0. The molecule has 7 heteroatoms. The Balaban J connectivity index is 2.10. The van der Waals surface area contributed by atoms with E-state index in [1.165, 1.54) is 25.3 Å². The molecule has 2 aromatic rings. The molecule has 0 heterocycles. The molecule has 24 heavy (non-hydrogen) atoms. The third kappa shape index (κ3) is 3.95. The summed E-state index contributed by atoms with van der Waals surface area (Å²) in [6.45, 7) is 1.52. The second-order valence-electron chi connectivity index (χ2n) is 5.03. The van der Waals surface area contributed by atoms with Crippen LogP contribution in [0, 0.1) is 17.0 Å². The monoisotopic (exact) mass is 329 g/mol. The Bertz CT molecular complexity index is 799. The number of nitro groups is 1. The molecule has 124 valence electrons. The average molecular weight is 329 g/mol. The van der Waals surface area contributed by atoms with Crippen LogP contribution >= 0.6 is 0 Å². The van der Waals surface area contributed by atoms with Crippen LogP contribution < -0.4 is 0 Å². The molecule has 0 atom stereocenters. The van der Waals surface area contributed by atoms with Crippen LogP contribution in [0.5, 0.6) is 0 Å². The number of aryl methyl sites for hydroxylation is 1. The second-order valence-corrected chi connectivity index (χ2v) is 5.03. The van der Waals surface area contributed by atoms with E-state index in [-0.39, 0.29) is 17.9 Å². The lowest BCUT2D eigenvalue weighted by Gasteiger charge is -2.07. The minimum Gasteiger partial charge on any atom is -0.465 e. The third-order valence-corrected chi connectivity index (χ3v) is 3.36. The largest absolute Gasteiger partial charge is 0.465 e. The summed E-state index contributed by atoms with van der Waals surface area (Å²) in [5, 5.41) is 10.9. The van der Waals surface area contributed by atoms with E-state index in [0.717, 1.165) is 0 Å². The maximum absolute atomic E-state index is 12.0. The highest BCUT2D eigenvalue weighted by Gasteiger charge is 2.16. The first-order chi connectivity index (χ1) is 11.4. The summed E-state index contributed by atoms with van der Waals surface area (Å²) in [6, 6.07) is 10.6. The van der Waals surface area contributed by atoms with E-state index < -0.39 is 16.9 Å². The minimum absolute atomic E-state index is 0.0641. The lowest BCUT2D eigenvalue weighted by atomic mass is 10.1. The van der Waals surface area contributed by atoms with Crippen molar-refractivity contribution in [2.75, 3.05) is 7.11 Å². The lowest BCUT2D eigenvalue weighted by molar-refractivity contribution is -0.385. The smallest absolute Gasteiger partial charge is 0.338 e. The van der Waals surface area contributed by atoms with Gasteiger partial charge in [0.1, 0.15) is 6.61 Å². The maximum Gasteiger partial charge on any atom is 0.338 e. The van der Waals surface area contributed by atoms with E-state index >= 15 is 0 Å². The van der Waals surface area contributed by atoms with Crippen molar-refractivity contribution in [1.82, 2.24) is 0 Å². The molecule has 0 spiro atoms. The van der Waals surface area contributed by atoms with Gasteiger partial charge in [0.15, 0.2) is 0 Å². The van der Waals surface area contributed by atoms with Crippen LogP contribution in [0.3, 0.4) is 0 Å². The molecular weight excluding hydrogens is 314 g/mol. The van der Waals surface area contributed by atoms with Crippen molar-refractivity contribution >= 4 is 17.6 Å². The molecule has 0 bridgehead atoms. The van der Waals surface area contributed by atoms with Gasteiger partial charge >= 0.3 is 11.9 Å². The van der Waals surface area contributed by atoms with Crippen molar-refractivity contribution in [3.63, 3.8) is 0 Å². The third-order valence-electron chi connectivity index (χ3n) is 3.36. The van der Waals surface area contributed by atoms with E-state index in [9.17, 15) is 19.7 Å². The fourth-order valence-corrected chi connectivity index (χ4v) is 2.07. The number of hydrogen-bond donors (Lipinski definition) is 0. The van der Waals surface area contributed by atoms with Gasteiger partial charge in [-0.3, -0.25) is 10.1 Å². The molecule has 0 aliphatic rings. The summed E-state index contributed by atoms with van der Waals surface area (Å²) in [5.41, 5.74) is 1.36. The summed E-state index contributed by atoms with van der Waals surface area (Å²) < 4.78 is 9.77. The average Bonchev–Trinajstić information content (AvgIpc) is 2.59. The van der Waals surface area contributed by atoms with Crippen LogP contribution in [0.15, 0.2) is 42.5 Å². The van der Waals surface area contributed by atoms with Crippen LogP contribution in [0.25, 0.3) is 0 Å². The quantitative estimate of drug-likeness (QED) is 0.475. The molecule has 0 fully saturated rings. The first kappa shape index (κ1) is 17.1. The number of nitrogens with zero attached hydrogens (tertiary/aromatic N) is 1. The summed E-state index contributed by atoms with van der Waals surface area (Å²) in [7, 11) is 1.28. The Hall–Kier alpha value is -3.22. The number of methoxy groups -OCH3 is 1. The number of nitro benzene ring substituents is 1. The molecule has 0 radical (unpaired) electrons. The molecule has 0 saturated carbocycles. The highest BCUT2D eigenvalue weighted by atomic mass is 16.6. The molecule has 0 aliphatic heterocycles. The summed E-state index contributed by atoms with van der Waals surface area (Å²) in [4.78, 5) is 33.9. The van der Waals surface area contributed by atoms with E-state index in [2.05, 4.69) is 4.74 Å². The molecule has 0 aliphatic carbocycles. The fraction of sp³-hybridized carbons (Fsp3) is 0.176. The molecule has 0 amide bonds. The Morgan fingerprint density at radius 3 is 2.46 bits per heavy atom. The van der Waals surface area contributed by atoms with Crippen molar-refractivity contribution in [2.45, 2.75) is 13.5 Å². The van der Waals surface area contributed by atoms with Crippen molar-refractivity contribution in [3.05, 3.63) is 74.8 Å². The number of esters is 2. The van der Waals surface area contributed by atoms with Crippen LogP contribution in [-0.4, -0.2) is 24.0 Å². The molecule has 0 unspecified atom stereocenters. The van der Waals surface area contributed by atoms with Crippen LogP contribution in [-0.2, 0) is 16.1 Å². The van der Waals surface area contributed by atoms with E-state index in [0.29, 0.717) is 16.7 Å². The van der Waals surface area contributed by atoms with Gasteiger partial charge in [0.05, 0.1) is 23.2 Å². The number of carbonyl (C=O) groups is 2. The second kappa shape index (κ2) is 7.36. The van der Waals surface area contributed by atoms with Gasteiger partial charge in [-0.2, -0.15) is 0 Å². The zero-order valence-electron chi connectivity index (χ0n) is 13.1. The summed E-state index contributed by atoms with van der Waals surface area (Å²) >= 11 is 0. The molecule has 7 nitrogen and oxygen atoms in total. The van der Waals surface area contributed by atoms with Gasteiger partial charge < -0.3 is 9.47 Å². The van der Waals surface area contributed by atoms with Crippen LogP contribution in [0.4, 0.5) is 5.69 Å². The fourth-order valence-electron chi connectivity index (χ4n) is 2.07. The first-order valence-corrected chi connectivity index (χ1v) is 7.02. The Morgan fingerprint density at radius 1 is 1.08 bits per heavy atom. The molecule has 2 rings (SSSR count). The topological polar surface area (TPSA) is 95.7 Å². The Morgan fingerprint density at radius 2 is 1.79 bits per heavy atom. The summed E-state index contributed by atoms with van der Waals surface area (Å²) in [5.74, 6) is -1.17.